The number of hydrogen-bond donors (Lipinski definition) is 2. The van der Waals surface area contributed by atoms with Gasteiger partial charge in [0.15, 0.2) is 0 Å². The van der Waals surface area contributed by atoms with E-state index in [4.69, 9.17) is 5.73 Å². The molecule has 1 amide bonds. The molecule has 2 rings (SSSR count). The lowest BCUT2D eigenvalue weighted by Gasteiger charge is -2.30. The predicted octanol–water partition coefficient (Wildman–Crippen LogP) is 1.86. The maximum Gasteiger partial charge on any atom is 0.253 e. The summed E-state index contributed by atoms with van der Waals surface area (Å²) in [6.07, 6.45) is 2.16. The molecule has 0 spiro atoms. The van der Waals surface area contributed by atoms with Crippen LogP contribution in [0.25, 0.3) is 0 Å². The molecule has 1 unspecified atom stereocenters. The van der Waals surface area contributed by atoms with E-state index >= 15 is 0 Å². The van der Waals surface area contributed by atoms with Crippen LogP contribution in [0.2, 0.25) is 0 Å². The number of benzene rings is 1. The van der Waals surface area contributed by atoms with E-state index < -0.39 is 0 Å². The number of anilines is 1. The van der Waals surface area contributed by atoms with Crippen LogP contribution in [-0.4, -0.2) is 37.0 Å². The zero-order chi connectivity index (χ0) is 13.1. The number of rotatable bonds is 2. The van der Waals surface area contributed by atoms with Crippen LogP contribution in [0.15, 0.2) is 22.7 Å². The van der Waals surface area contributed by atoms with E-state index in [2.05, 4.69) is 33.2 Å². The van der Waals surface area contributed by atoms with Crippen LogP contribution in [0.1, 0.15) is 23.2 Å². The van der Waals surface area contributed by atoms with Crippen molar-refractivity contribution in [2.75, 3.05) is 25.9 Å². The van der Waals surface area contributed by atoms with E-state index in [9.17, 15) is 4.79 Å². The summed E-state index contributed by atoms with van der Waals surface area (Å²) < 4.78 is 0.883. The largest absolute Gasteiger partial charge is 0.398 e. The molecule has 98 valence electrons. The zero-order valence-electron chi connectivity index (χ0n) is 10.4. The molecular formula is C13H18BrN3O. The van der Waals surface area contributed by atoms with Gasteiger partial charge >= 0.3 is 0 Å². The van der Waals surface area contributed by atoms with Gasteiger partial charge in [0.05, 0.1) is 5.56 Å². The first-order valence-electron chi connectivity index (χ1n) is 6.10. The van der Waals surface area contributed by atoms with Gasteiger partial charge in [-0.25, -0.2) is 0 Å². The molecule has 1 aliphatic rings. The Balaban J connectivity index is 2.03. The fourth-order valence-corrected chi connectivity index (χ4v) is 2.67. The Morgan fingerprint density at radius 1 is 1.56 bits per heavy atom. The van der Waals surface area contributed by atoms with Gasteiger partial charge in [0.25, 0.3) is 5.91 Å². The molecule has 0 aliphatic carbocycles. The molecule has 0 aromatic heterocycles. The number of amides is 1. The van der Waals surface area contributed by atoms with Crippen LogP contribution < -0.4 is 11.1 Å². The van der Waals surface area contributed by atoms with Crippen molar-refractivity contribution in [2.45, 2.75) is 18.9 Å². The van der Waals surface area contributed by atoms with Gasteiger partial charge in [-0.15, -0.1) is 0 Å². The summed E-state index contributed by atoms with van der Waals surface area (Å²) in [5, 5.41) is 3.05. The SMILES string of the molecule is CN1CCCC(NC(=O)c2ccc(Br)cc2N)C1. The van der Waals surface area contributed by atoms with Crippen LogP contribution in [-0.2, 0) is 0 Å². The lowest BCUT2D eigenvalue weighted by atomic mass is 10.1. The molecule has 18 heavy (non-hydrogen) atoms. The summed E-state index contributed by atoms with van der Waals surface area (Å²) in [4.78, 5) is 14.4. The van der Waals surface area contributed by atoms with E-state index in [-0.39, 0.29) is 11.9 Å². The molecule has 0 bridgehead atoms. The fraction of sp³-hybridized carbons (Fsp3) is 0.462. The van der Waals surface area contributed by atoms with Gasteiger partial charge < -0.3 is 16.0 Å². The highest BCUT2D eigenvalue weighted by Gasteiger charge is 2.20. The van der Waals surface area contributed by atoms with Crippen molar-refractivity contribution in [2.24, 2.45) is 0 Å². The van der Waals surface area contributed by atoms with Crippen molar-refractivity contribution in [1.82, 2.24) is 10.2 Å². The lowest BCUT2D eigenvalue weighted by Crippen LogP contribution is -2.46. The summed E-state index contributed by atoms with van der Waals surface area (Å²) >= 11 is 3.33. The van der Waals surface area contributed by atoms with Gasteiger partial charge in [0, 0.05) is 22.7 Å². The molecular weight excluding hydrogens is 294 g/mol. The van der Waals surface area contributed by atoms with E-state index in [1.807, 2.05) is 6.07 Å². The molecule has 1 aromatic carbocycles. The van der Waals surface area contributed by atoms with Crippen molar-refractivity contribution >= 4 is 27.5 Å². The third-order valence-corrected chi connectivity index (χ3v) is 3.71. The Bertz CT molecular complexity index is 450. The quantitative estimate of drug-likeness (QED) is 0.820. The first-order valence-corrected chi connectivity index (χ1v) is 6.90. The predicted molar refractivity (Wildman–Crippen MR) is 76.5 cm³/mol. The Labute approximate surface area is 116 Å². The number of nitrogens with one attached hydrogen (secondary N) is 1. The van der Waals surface area contributed by atoms with E-state index in [0.29, 0.717) is 11.3 Å². The Morgan fingerprint density at radius 3 is 3.00 bits per heavy atom. The van der Waals surface area contributed by atoms with Gasteiger partial charge in [0.1, 0.15) is 0 Å². The highest BCUT2D eigenvalue weighted by molar-refractivity contribution is 9.10. The number of halogens is 1. The molecule has 1 aromatic rings. The summed E-state index contributed by atoms with van der Waals surface area (Å²) in [5.41, 5.74) is 6.91. The molecule has 0 radical (unpaired) electrons. The summed E-state index contributed by atoms with van der Waals surface area (Å²) in [6.45, 7) is 2.01. The molecule has 0 saturated carbocycles. The number of piperidine rings is 1. The number of nitrogen functional groups attached to an aromatic ring is 1. The van der Waals surface area contributed by atoms with Gasteiger partial charge in [-0.1, -0.05) is 15.9 Å². The monoisotopic (exact) mass is 311 g/mol. The van der Waals surface area contributed by atoms with Crippen LogP contribution in [0.5, 0.6) is 0 Å². The number of carbonyl (C=O) groups excluding carboxylic acids is 1. The molecule has 1 heterocycles. The van der Waals surface area contributed by atoms with Gasteiger partial charge in [0.2, 0.25) is 0 Å². The fourth-order valence-electron chi connectivity index (χ4n) is 2.29. The van der Waals surface area contributed by atoms with Crippen molar-refractivity contribution < 1.29 is 4.79 Å². The third kappa shape index (κ3) is 3.23. The van der Waals surface area contributed by atoms with Crippen molar-refractivity contribution in [1.29, 1.82) is 0 Å². The van der Waals surface area contributed by atoms with Crippen molar-refractivity contribution in [3.8, 4) is 0 Å². The second kappa shape index (κ2) is 5.71. The highest BCUT2D eigenvalue weighted by atomic mass is 79.9. The Hall–Kier alpha value is -1.07. The number of nitrogens with zero attached hydrogens (tertiary/aromatic N) is 1. The number of carbonyl (C=O) groups is 1. The molecule has 1 aliphatic heterocycles. The average molecular weight is 312 g/mol. The number of hydrogen-bond acceptors (Lipinski definition) is 3. The molecule has 3 N–H and O–H groups in total. The second-order valence-electron chi connectivity index (χ2n) is 4.81. The normalized spacial score (nSPS) is 20.7. The number of likely N-dealkylation sites (tertiary alicyclic amines) is 1. The molecule has 1 saturated heterocycles. The minimum atomic E-state index is -0.0831. The molecule has 4 nitrogen and oxygen atoms in total. The van der Waals surface area contributed by atoms with Crippen LogP contribution >= 0.6 is 15.9 Å². The summed E-state index contributed by atoms with van der Waals surface area (Å²) in [5.74, 6) is -0.0831. The molecule has 5 heteroatoms. The molecule has 1 atom stereocenters. The van der Waals surface area contributed by atoms with Crippen LogP contribution in [0.3, 0.4) is 0 Å². The van der Waals surface area contributed by atoms with E-state index in [1.54, 1.807) is 12.1 Å². The Morgan fingerprint density at radius 2 is 2.33 bits per heavy atom. The van der Waals surface area contributed by atoms with Crippen LogP contribution in [0, 0.1) is 0 Å². The minimum absolute atomic E-state index is 0.0831. The lowest BCUT2D eigenvalue weighted by molar-refractivity contribution is 0.0913. The highest BCUT2D eigenvalue weighted by Crippen LogP contribution is 2.19. The van der Waals surface area contributed by atoms with Crippen molar-refractivity contribution in [3.63, 3.8) is 0 Å². The maximum atomic E-state index is 12.1. The first-order chi connectivity index (χ1) is 8.56. The average Bonchev–Trinajstić information content (AvgIpc) is 2.28. The van der Waals surface area contributed by atoms with E-state index in [1.165, 1.54) is 0 Å². The summed E-state index contributed by atoms with van der Waals surface area (Å²) in [7, 11) is 2.08. The number of likely N-dealkylation sites (N-methyl/N-ethyl adjacent to an activating group) is 1. The number of nitrogens with two attached hydrogens (primary N) is 1. The molecule has 1 fully saturated rings. The first kappa shape index (κ1) is 13.4. The Kier molecular flexibility index (Phi) is 4.24. The topological polar surface area (TPSA) is 58.4 Å². The smallest absolute Gasteiger partial charge is 0.253 e. The standard InChI is InChI=1S/C13H18BrN3O/c1-17-6-2-3-10(8-17)16-13(18)11-5-4-9(14)7-12(11)15/h4-5,7,10H,2-3,6,8,15H2,1H3,(H,16,18). The van der Waals surface area contributed by atoms with Gasteiger partial charge in [-0.2, -0.15) is 0 Å². The maximum absolute atomic E-state index is 12.1. The van der Waals surface area contributed by atoms with Gasteiger partial charge in [-0.3, -0.25) is 4.79 Å². The van der Waals surface area contributed by atoms with Gasteiger partial charge in [-0.05, 0) is 44.6 Å². The van der Waals surface area contributed by atoms with Crippen molar-refractivity contribution in [3.05, 3.63) is 28.2 Å². The zero-order valence-corrected chi connectivity index (χ0v) is 12.0. The summed E-state index contributed by atoms with van der Waals surface area (Å²) in [6, 6.07) is 5.56. The third-order valence-electron chi connectivity index (χ3n) is 3.22. The second-order valence-corrected chi connectivity index (χ2v) is 5.72. The van der Waals surface area contributed by atoms with Crippen LogP contribution in [0.4, 0.5) is 5.69 Å². The van der Waals surface area contributed by atoms with E-state index in [0.717, 1.165) is 30.4 Å². The minimum Gasteiger partial charge on any atom is -0.398 e.